The molecule has 0 amide bonds. The van der Waals surface area contributed by atoms with Crippen LogP contribution in [0.1, 0.15) is 0 Å². The number of ether oxygens (including phenoxy) is 1. The second kappa shape index (κ2) is 3.99. The maximum atomic E-state index is 9.87. The molecular weight excluding hydrogens is 222 g/mol. The van der Waals surface area contributed by atoms with E-state index in [2.05, 4.69) is 4.74 Å². The van der Waals surface area contributed by atoms with E-state index in [1.54, 1.807) is 0 Å². The van der Waals surface area contributed by atoms with Crippen LogP contribution in [0, 0.1) is 0 Å². The Bertz CT molecular complexity index is 289. The molecule has 0 atom stereocenters. The molecule has 0 saturated heterocycles. The lowest BCUT2D eigenvalue weighted by atomic mass is 10.3. The van der Waals surface area contributed by atoms with Crippen molar-refractivity contribution in [2.45, 2.75) is 0 Å². The zero-order chi connectivity index (χ0) is 9.14. The van der Waals surface area contributed by atoms with Crippen molar-refractivity contribution in [3.63, 3.8) is 0 Å². The maximum absolute atomic E-state index is 9.87. The summed E-state index contributed by atoms with van der Waals surface area (Å²) in [7, 11) is 0. The second-order valence-corrected chi connectivity index (χ2v) is 3.13. The summed E-state index contributed by atoms with van der Waals surface area (Å²) in [5.74, 6) is 0.0673. The van der Waals surface area contributed by atoms with E-state index in [4.69, 9.17) is 34.8 Å². The molecule has 1 rings (SSSR count). The van der Waals surface area contributed by atoms with Gasteiger partial charge >= 0.3 is 6.47 Å². The summed E-state index contributed by atoms with van der Waals surface area (Å²) >= 11 is 16.9. The van der Waals surface area contributed by atoms with E-state index >= 15 is 0 Å². The molecule has 63 valence electrons. The van der Waals surface area contributed by atoms with Crippen LogP contribution in [0.25, 0.3) is 0 Å². The monoisotopic (exact) mass is 223 g/mol. The molecule has 0 aromatic heterocycles. The molecule has 1 aromatic carbocycles. The maximum Gasteiger partial charge on any atom is 0.423 e. The second-order valence-electron chi connectivity index (χ2n) is 1.88. The van der Waals surface area contributed by atoms with Crippen molar-refractivity contribution >= 4 is 41.3 Å². The molecule has 0 aliphatic rings. The van der Waals surface area contributed by atoms with Gasteiger partial charge in [-0.2, -0.15) is 0 Å². The first-order chi connectivity index (χ1) is 5.65. The Balaban J connectivity index is 3.18. The predicted molar refractivity (Wildman–Crippen MR) is 47.8 cm³/mol. The van der Waals surface area contributed by atoms with Gasteiger partial charge < -0.3 is 4.74 Å². The fourth-order valence-corrected chi connectivity index (χ4v) is 1.56. The smallest absolute Gasteiger partial charge is 0.415 e. The average molecular weight is 224 g/mol. The van der Waals surface area contributed by atoms with Crippen LogP contribution in [-0.4, -0.2) is 6.47 Å². The van der Waals surface area contributed by atoms with E-state index in [1.165, 1.54) is 18.6 Å². The molecule has 0 heterocycles. The van der Waals surface area contributed by atoms with Gasteiger partial charge in [-0.15, -0.1) is 0 Å². The Morgan fingerprint density at radius 1 is 1.17 bits per heavy atom. The van der Waals surface area contributed by atoms with Crippen molar-refractivity contribution in [3.05, 3.63) is 27.2 Å². The molecule has 0 aliphatic heterocycles. The van der Waals surface area contributed by atoms with Crippen molar-refractivity contribution in [2.75, 3.05) is 0 Å². The largest absolute Gasteiger partial charge is 0.423 e. The van der Waals surface area contributed by atoms with Gasteiger partial charge in [0, 0.05) is 5.02 Å². The van der Waals surface area contributed by atoms with Crippen LogP contribution < -0.4 is 4.74 Å². The van der Waals surface area contributed by atoms with Gasteiger partial charge in [-0.05, 0) is 12.1 Å². The molecule has 0 spiro atoms. The molecule has 12 heavy (non-hydrogen) atoms. The van der Waals surface area contributed by atoms with Gasteiger partial charge in [0.2, 0.25) is 0 Å². The summed E-state index contributed by atoms with van der Waals surface area (Å²) in [5, 5.41) is 0.731. The number of halogens is 3. The first-order valence-corrected chi connectivity index (χ1v) is 3.97. The third kappa shape index (κ3) is 2.03. The molecule has 5 heteroatoms. The molecular formula is C7H2Cl3O2. The van der Waals surface area contributed by atoms with Gasteiger partial charge in [-0.25, -0.2) is 4.79 Å². The molecule has 0 bridgehead atoms. The van der Waals surface area contributed by atoms with Gasteiger partial charge in [-0.1, -0.05) is 34.8 Å². The van der Waals surface area contributed by atoms with Gasteiger partial charge in [0.1, 0.15) is 0 Å². The van der Waals surface area contributed by atoms with Gasteiger partial charge in [-0.3, -0.25) is 0 Å². The summed E-state index contributed by atoms with van der Waals surface area (Å²) in [6.07, 6.45) is 0. The lowest BCUT2D eigenvalue weighted by molar-refractivity contribution is 0.443. The minimum atomic E-state index is 0.0673. The molecule has 1 aromatic rings. The number of rotatable bonds is 2. The average Bonchev–Trinajstić information content (AvgIpc) is 1.96. The zero-order valence-corrected chi connectivity index (χ0v) is 7.87. The van der Waals surface area contributed by atoms with Crippen LogP contribution in [0.15, 0.2) is 12.1 Å². The minimum Gasteiger partial charge on any atom is -0.415 e. The Labute approximate surface area is 84.0 Å². The standard InChI is InChI=1S/C7H2Cl3O2/c8-4-1-5(9)7(12-3-11)6(10)2-4/h1-2H. The van der Waals surface area contributed by atoms with E-state index in [0.717, 1.165) is 0 Å². The first kappa shape index (κ1) is 9.65. The lowest BCUT2D eigenvalue weighted by Gasteiger charge is -2.02. The highest BCUT2D eigenvalue weighted by atomic mass is 35.5. The number of benzene rings is 1. The summed E-state index contributed by atoms with van der Waals surface area (Å²) in [6.45, 7) is 1.22. The fraction of sp³-hybridized carbons (Fsp3) is 0. The van der Waals surface area contributed by atoms with Crippen molar-refractivity contribution in [1.82, 2.24) is 0 Å². The summed E-state index contributed by atoms with van der Waals surface area (Å²) < 4.78 is 4.39. The number of hydrogen-bond acceptors (Lipinski definition) is 2. The highest BCUT2D eigenvalue weighted by molar-refractivity contribution is 6.40. The van der Waals surface area contributed by atoms with Crippen molar-refractivity contribution in [1.29, 1.82) is 0 Å². The molecule has 0 unspecified atom stereocenters. The Hall–Kier alpha value is -0.440. The molecule has 2 nitrogen and oxygen atoms in total. The first-order valence-electron chi connectivity index (χ1n) is 2.83. The van der Waals surface area contributed by atoms with Crippen molar-refractivity contribution in [3.8, 4) is 5.75 Å². The van der Waals surface area contributed by atoms with Gasteiger partial charge in [0.25, 0.3) is 0 Å². The molecule has 1 radical (unpaired) electrons. The van der Waals surface area contributed by atoms with Crippen molar-refractivity contribution < 1.29 is 9.53 Å². The van der Waals surface area contributed by atoms with Crippen LogP contribution in [0.3, 0.4) is 0 Å². The third-order valence-corrected chi connectivity index (χ3v) is 1.89. The van der Waals surface area contributed by atoms with E-state index in [1.807, 2.05) is 0 Å². The van der Waals surface area contributed by atoms with Crippen LogP contribution >= 0.6 is 34.8 Å². The predicted octanol–water partition coefficient (Wildman–Crippen LogP) is 3.09. The summed E-state index contributed by atoms with van der Waals surface area (Å²) in [6, 6.07) is 2.84. The minimum absolute atomic E-state index is 0.0673. The molecule has 0 fully saturated rings. The Kier molecular flexibility index (Phi) is 3.20. The number of carbonyl (C=O) groups excluding carboxylic acids is 1. The Morgan fingerprint density at radius 3 is 2.08 bits per heavy atom. The summed E-state index contributed by atoms with van der Waals surface area (Å²) in [5.41, 5.74) is 0. The van der Waals surface area contributed by atoms with Crippen molar-refractivity contribution in [2.24, 2.45) is 0 Å². The quantitative estimate of drug-likeness (QED) is 0.771. The van der Waals surface area contributed by atoms with Gasteiger partial charge in [0.05, 0.1) is 10.0 Å². The molecule has 0 aliphatic carbocycles. The van der Waals surface area contributed by atoms with E-state index in [-0.39, 0.29) is 15.8 Å². The van der Waals surface area contributed by atoms with Crippen LogP contribution in [-0.2, 0) is 4.79 Å². The molecule has 0 N–H and O–H groups in total. The topological polar surface area (TPSA) is 26.3 Å². The zero-order valence-electron chi connectivity index (χ0n) is 5.61. The van der Waals surface area contributed by atoms with Crippen LogP contribution in [0.2, 0.25) is 15.1 Å². The Morgan fingerprint density at radius 2 is 1.67 bits per heavy atom. The normalized spacial score (nSPS) is 9.58. The lowest BCUT2D eigenvalue weighted by Crippen LogP contribution is -1.90. The fourth-order valence-electron chi connectivity index (χ4n) is 0.668. The SMILES string of the molecule is O=[C]Oc1c(Cl)cc(Cl)cc1Cl. The molecule has 0 saturated carbocycles. The highest BCUT2D eigenvalue weighted by Gasteiger charge is 2.08. The van der Waals surface area contributed by atoms with Crippen LogP contribution in [0.4, 0.5) is 0 Å². The van der Waals surface area contributed by atoms with Crippen LogP contribution in [0.5, 0.6) is 5.75 Å². The third-order valence-electron chi connectivity index (χ3n) is 1.11. The van der Waals surface area contributed by atoms with Gasteiger partial charge in [0.15, 0.2) is 5.75 Å². The van der Waals surface area contributed by atoms with E-state index in [0.29, 0.717) is 5.02 Å². The van der Waals surface area contributed by atoms with E-state index in [9.17, 15) is 4.79 Å². The van der Waals surface area contributed by atoms with E-state index < -0.39 is 0 Å². The summed E-state index contributed by atoms with van der Waals surface area (Å²) in [4.78, 5) is 9.87. The number of hydrogen-bond donors (Lipinski definition) is 0. The highest BCUT2D eigenvalue weighted by Crippen LogP contribution is 2.35.